The average molecular weight is 356 g/mol. The first-order chi connectivity index (χ1) is 12.0. The lowest BCUT2D eigenvalue weighted by molar-refractivity contribution is 0.102. The van der Waals surface area contributed by atoms with Gasteiger partial charge in [-0.2, -0.15) is 0 Å². The predicted molar refractivity (Wildman–Crippen MR) is 100 cm³/mol. The van der Waals surface area contributed by atoms with Crippen molar-refractivity contribution >= 4 is 28.9 Å². The molecule has 0 unspecified atom stereocenters. The third-order valence-electron chi connectivity index (χ3n) is 3.82. The molecule has 0 bridgehead atoms. The van der Waals surface area contributed by atoms with Gasteiger partial charge in [-0.1, -0.05) is 47.1 Å². The number of hydrogen-bond acceptors (Lipinski definition) is 4. The van der Waals surface area contributed by atoms with E-state index in [0.29, 0.717) is 27.7 Å². The molecule has 0 aliphatic carbocycles. The van der Waals surface area contributed by atoms with E-state index in [1.807, 2.05) is 61.5 Å². The molecule has 2 aromatic carbocycles. The number of benzene rings is 2. The fourth-order valence-corrected chi connectivity index (χ4v) is 2.92. The third kappa shape index (κ3) is 3.51. The Morgan fingerprint density at radius 3 is 2.52 bits per heavy atom. The van der Waals surface area contributed by atoms with E-state index < -0.39 is 0 Å². The number of rotatable bonds is 4. The predicted octanol–water partition coefficient (Wildman–Crippen LogP) is 4.62. The first kappa shape index (κ1) is 17.0. The molecule has 0 fully saturated rings. The highest BCUT2D eigenvalue weighted by atomic mass is 35.5. The molecule has 0 saturated heterocycles. The van der Waals surface area contributed by atoms with Crippen molar-refractivity contribution in [3.8, 4) is 11.3 Å². The molecule has 0 atom stereocenters. The van der Waals surface area contributed by atoms with E-state index in [2.05, 4.69) is 10.5 Å². The molecule has 128 valence electrons. The second-order valence-electron chi connectivity index (χ2n) is 5.84. The van der Waals surface area contributed by atoms with Crippen molar-refractivity contribution < 1.29 is 9.32 Å². The fraction of sp³-hybridized carbons (Fsp3) is 0.158. The van der Waals surface area contributed by atoms with Crippen LogP contribution in [0.4, 0.5) is 11.4 Å². The van der Waals surface area contributed by atoms with Crippen LogP contribution in [0.1, 0.15) is 16.1 Å². The molecule has 6 heteroatoms. The van der Waals surface area contributed by atoms with Crippen molar-refractivity contribution in [2.24, 2.45) is 0 Å². The summed E-state index contributed by atoms with van der Waals surface area (Å²) in [6, 6.07) is 14.8. The lowest BCUT2D eigenvalue weighted by atomic mass is 10.1. The number of amides is 1. The number of carbonyl (C=O) groups is 1. The lowest BCUT2D eigenvalue weighted by Gasteiger charge is -2.15. The number of aromatic nitrogens is 1. The van der Waals surface area contributed by atoms with Crippen LogP contribution in [0.5, 0.6) is 0 Å². The van der Waals surface area contributed by atoms with Crippen LogP contribution in [0, 0.1) is 6.92 Å². The molecule has 0 spiro atoms. The summed E-state index contributed by atoms with van der Waals surface area (Å²) < 4.78 is 5.24. The van der Waals surface area contributed by atoms with Gasteiger partial charge >= 0.3 is 0 Å². The summed E-state index contributed by atoms with van der Waals surface area (Å²) in [7, 11) is 3.82. The van der Waals surface area contributed by atoms with Crippen LogP contribution in [0.3, 0.4) is 0 Å². The van der Waals surface area contributed by atoms with E-state index >= 15 is 0 Å². The van der Waals surface area contributed by atoms with Crippen molar-refractivity contribution in [2.45, 2.75) is 6.92 Å². The maximum atomic E-state index is 12.8. The van der Waals surface area contributed by atoms with Crippen molar-refractivity contribution in [3.05, 3.63) is 64.9 Å². The number of aryl methyl sites for hydroxylation is 1. The lowest BCUT2D eigenvalue weighted by Crippen LogP contribution is -2.14. The fourth-order valence-electron chi connectivity index (χ4n) is 2.57. The van der Waals surface area contributed by atoms with Crippen molar-refractivity contribution in [2.75, 3.05) is 24.3 Å². The summed E-state index contributed by atoms with van der Waals surface area (Å²) in [5.41, 5.74) is 3.25. The first-order valence-corrected chi connectivity index (χ1v) is 8.15. The Kier molecular flexibility index (Phi) is 4.76. The van der Waals surface area contributed by atoms with E-state index in [0.717, 1.165) is 11.3 Å². The number of carbonyl (C=O) groups excluding carboxylic acids is 1. The number of anilines is 2. The molecule has 5 nitrogen and oxygen atoms in total. The van der Waals surface area contributed by atoms with Crippen molar-refractivity contribution in [3.63, 3.8) is 0 Å². The molecular weight excluding hydrogens is 338 g/mol. The molecule has 1 aromatic heterocycles. The highest BCUT2D eigenvalue weighted by Crippen LogP contribution is 2.29. The molecule has 3 aromatic rings. The maximum absolute atomic E-state index is 12.8. The standard InChI is InChI=1S/C19H18ClN3O2/c1-12-17(18(22-25-12)13-7-5-4-6-8-13)19(24)21-14-9-10-16(23(2)3)15(20)11-14/h4-11H,1-3H3,(H,21,24). The van der Waals surface area contributed by atoms with Crippen LogP contribution < -0.4 is 10.2 Å². The molecule has 1 N–H and O–H groups in total. The highest BCUT2D eigenvalue weighted by Gasteiger charge is 2.21. The monoisotopic (exact) mass is 355 g/mol. The van der Waals surface area contributed by atoms with Gasteiger partial charge in [0.25, 0.3) is 5.91 Å². The number of nitrogens with zero attached hydrogens (tertiary/aromatic N) is 2. The Morgan fingerprint density at radius 2 is 1.88 bits per heavy atom. The molecule has 3 rings (SSSR count). The minimum atomic E-state index is -0.286. The normalized spacial score (nSPS) is 10.6. The van der Waals surface area contributed by atoms with Gasteiger partial charge in [-0.25, -0.2) is 0 Å². The van der Waals surface area contributed by atoms with Crippen LogP contribution in [0.25, 0.3) is 11.3 Å². The summed E-state index contributed by atoms with van der Waals surface area (Å²) in [4.78, 5) is 14.7. The van der Waals surface area contributed by atoms with Crippen LogP contribution in [0.15, 0.2) is 53.1 Å². The zero-order chi connectivity index (χ0) is 18.0. The summed E-state index contributed by atoms with van der Waals surface area (Å²) in [5, 5.41) is 7.46. The molecule has 0 saturated carbocycles. The zero-order valence-electron chi connectivity index (χ0n) is 14.2. The van der Waals surface area contributed by atoms with Gasteiger partial charge in [-0.05, 0) is 25.1 Å². The van der Waals surface area contributed by atoms with Gasteiger partial charge in [-0.3, -0.25) is 4.79 Å². The summed E-state index contributed by atoms with van der Waals surface area (Å²) in [5.74, 6) is 0.179. The van der Waals surface area contributed by atoms with Crippen LogP contribution in [0.2, 0.25) is 5.02 Å². The van der Waals surface area contributed by atoms with Crippen molar-refractivity contribution in [1.82, 2.24) is 5.16 Å². The van der Waals surface area contributed by atoms with Crippen molar-refractivity contribution in [1.29, 1.82) is 0 Å². The van der Waals surface area contributed by atoms with E-state index in [1.54, 1.807) is 13.0 Å². The molecule has 25 heavy (non-hydrogen) atoms. The smallest absolute Gasteiger partial charge is 0.261 e. The Morgan fingerprint density at radius 1 is 1.16 bits per heavy atom. The Bertz CT molecular complexity index is 904. The summed E-state index contributed by atoms with van der Waals surface area (Å²) >= 11 is 6.27. The van der Waals surface area contributed by atoms with E-state index in [9.17, 15) is 4.79 Å². The SMILES string of the molecule is Cc1onc(-c2ccccc2)c1C(=O)Nc1ccc(N(C)C)c(Cl)c1. The minimum Gasteiger partial charge on any atom is -0.376 e. The largest absolute Gasteiger partial charge is 0.376 e. The Labute approximate surface area is 151 Å². The number of nitrogens with one attached hydrogen (secondary N) is 1. The van der Waals surface area contributed by atoms with Gasteiger partial charge in [0.15, 0.2) is 0 Å². The minimum absolute atomic E-state index is 0.286. The maximum Gasteiger partial charge on any atom is 0.261 e. The number of hydrogen-bond donors (Lipinski definition) is 1. The van der Waals surface area contributed by atoms with Gasteiger partial charge in [0, 0.05) is 25.3 Å². The van der Waals surface area contributed by atoms with Gasteiger partial charge < -0.3 is 14.7 Å². The van der Waals surface area contributed by atoms with Crippen LogP contribution >= 0.6 is 11.6 Å². The second-order valence-corrected chi connectivity index (χ2v) is 6.25. The highest BCUT2D eigenvalue weighted by molar-refractivity contribution is 6.33. The molecule has 0 aliphatic heterocycles. The van der Waals surface area contributed by atoms with E-state index in [1.165, 1.54) is 0 Å². The van der Waals surface area contributed by atoms with Gasteiger partial charge in [0.1, 0.15) is 17.0 Å². The molecule has 1 amide bonds. The molecule has 1 heterocycles. The van der Waals surface area contributed by atoms with Crippen LogP contribution in [-0.4, -0.2) is 25.2 Å². The molecular formula is C19H18ClN3O2. The quantitative estimate of drug-likeness (QED) is 0.741. The Balaban J connectivity index is 1.90. The van der Waals surface area contributed by atoms with E-state index in [-0.39, 0.29) is 5.91 Å². The third-order valence-corrected chi connectivity index (χ3v) is 4.13. The van der Waals surface area contributed by atoms with E-state index in [4.69, 9.17) is 16.1 Å². The molecule has 0 radical (unpaired) electrons. The number of halogens is 1. The molecule has 0 aliphatic rings. The second kappa shape index (κ2) is 6.99. The summed E-state index contributed by atoms with van der Waals surface area (Å²) in [6.45, 7) is 1.72. The van der Waals surface area contributed by atoms with Gasteiger partial charge in [0.05, 0.1) is 10.7 Å². The van der Waals surface area contributed by atoms with Gasteiger partial charge in [-0.15, -0.1) is 0 Å². The average Bonchev–Trinajstić information content (AvgIpc) is 2.97. The topological polar surface area (TPSA) is 58.4 Å². The van der Waals surface area contributed by atoms with Crippen LogP contribution in [-0.2, 0) is 0 Å². The first-order valence-electron chi connectivity index (χ1n) is 7.77. The zero-order valence-corrected chi connectivity index (χ0v) is 15.0. The Hall–Kier alpha value is -2.79. The van der Waals surface area contributed by atoms with Gasteiger partial charge in [0.2, 0.25) is 0 Å². The summed E-state index contributed by atoms with van der Waals surface area (Å²) in [6.07, 6.45) is 0.